The number of thiazole rings is 1. The molecule has 2 heterocycles. The Morgan fingerprint density at radius 3 is 2.74 bits per heavy atom. The molecule has 1 fully saturated rings. The van der Waals surface area contributed by atoms with Crippen LogP contribution in [0, 0.1) is 0 Å². The number of nitrogens with zero attached hydrogens (tertiary/aromatic N) is 2. The standard InChI is InChI=1S/C10H11ClN4O6S2/c11-2-8(17)14-10-12-5(4-22-10)1-7(16)13-6-3-15(9(6)18)23(19,20)21/h4,6H,1-3H2,(H,13,16)(H,12,14,17)(H,19,20,21). The van der Waals surface area contributed by atoms with E-state index in [1.54, 1.807) is 5.38 Å². The first-order chi connectivity index (χ1) is 10.7. The van der Waals surface area contributed by atoms with E-state index in [1.165, 1.54) is 0 Å². The van der Waals surface area contributed by atoms with E-state index in [0.29, 0.717) is 5.69 Å². The average molecular weight is 383 g/mol. The fraction of sp³-hybridized carbons (Fsp3) is 0.400. The lowest BCUT2D eigenvalue weighted by molar-refractivity contribution is -0.140. The van der Waals surface area contributed by atoms with Crippen molar-refractivity contribution in [2.24, 2.45) is 0 Å². The zero-order valence-electron chi connectivity index (χ0n) is 11.4. The number of hydrogen-bond donors (Lipinski definition) is 3. The summed E-state index contributed by atoms with van der Waals surface area (Å²) in [6, 6.07) is -1.00. The van der Waals surface area contributed by atoms with E-state index in [-0.39, 0.29) is 28.3 Å². The highest BCUT2D eigenvalue weighted by Crippen LogP contribution is 2.17. The normalized spacial score (nSPS) is 17.6. The van der Waals surface area contributed by atoms with Crippen LogP contribution in [0.1, 0.15) is 5.69 Å². The summed E-state index contributed by atoms with van der Waals surface area (Å²) in [4.78, 5) is 38.3. The Bertz CT molecular complexity index is 748. The van der Waals surface area contributed by atoms with Gasteiger partial charge in [-0.05, 0) is 0 Å². The van der Waals surface area contributed by atoms with Crippen molar-refractivity contribution in [3.05, 3.63) is 11.1 Å². The lowest BCUT2D eigenvalue weighted by Crippen LogP contribution is -2.65. The van der Waals surface area contributed by atoms with Gasteiger partial charge >= 0.3 is 10.3 Å². The minimum atomic E-state index is -4.58. The molecule has 0 bridgehead atoms. The molecule has 1 unspecified atom stereocenters. The third-order valence-electron chi connectivity index (χ3n) is 2.77. The predicted octanol–water partition coefficient (Wildman–Crippen LogP) is -1.01. The number of aromatic nitrogens is 1. The Morgan fingerprint density at radius 2 is 2.17 bits per heavy atom. The highest BCUT2D eigenvalue weighted by atomic mass is 35.5. The Morgan fingerprint density at radius 1 is 1.48 bits per heavy atom. The number of rotatable bonds is 6. The van der Waals surface area contributed by atoms with Gasteiger partial charge in [0.2, 0.25) is 11.8 Å². The van der Waals surface area contributed by atoms with E-state index in [9.17, 15) is 22.8 Å². The van der Waals surface area contributed by atoms with Gasteiger partial charge in [0.05, 0.1) is 18.7 Å². The topological polar surface area (TPSA) is 146 Å². The molecule has 10 nitrogen and oxygen atoms in total. The van der Waals surface area contributed by atoms with Crippen molar-refractivity contribution in [2.75, 3.05) is 17.7 Å². The Hall–Kier alpha value is -1.76. The highest BCUT2D eigenvalue weighted by Gasteiger charge is 2.44. The maximum absolute atomic E-state index is 11.8. The van der Waals surface area contributed by atoms with Gasteiger partial charge in [0, 0.05) is 5.38 Å². The zero-order valence-corrected chi connectivity index (χ0v) is 13.7. The second-order valence-corrected chi connectivity index (χ2v) is 6.93. The van der Waals surface area contributed by atoms with Gasteiger partial charge in [0.25, 0.3) is 5.91 Å². The van der Waals surface area contributed by atoms with Crippen molar-refractivity contribution < 1.29 is 27.4 Å². The Kier molecular flexibility index (Phi) is 5.19. The molecule has 0 saturated carbocycles. The molecule has 3 N–H and O–H groups in total. The van der Waals surface area contributed by atoms with E-state index >= 15 is 0 Å². The van der Waals surface area contributed by atoms with Crippen molar-refractivity contribution in [1.29, 1.82) is 0 Å². The monoisotopic (exact) mass is 382 g/mol. The van der Waals surface area contributed by atoms with Crippen LogP contribution in [0.25, 0.3) is 0 Å². The molecular weight excluding hydrogens is 372 g/mol. The molecule has 1 aromatic heterocycles. The number of alkyl halides is 1. The van der Waals surface area contributed by atoms with Crippen LogP contribution in [0.2, 0.25) is 0 Å². The van der Waals surface area contributed by atoms with Crippen molar-refractivity contribution in [1.82, 2.24) is 14.6 Å². The fourth-order valence-electron chi connectivity index (χ4n) is 1.72. The van der Waals surface area contributed by atoms with Crippen LogP contribution < -0.4 is 10.6 Å². The van der Waals surface area contributed by atoms with Gasteiger partial charge in [0.15, 0.2) is 5.13 Å². The molecule has 1 aromatic rings. The van der Waals surface area contributed by atoms with Crippen molar-refractivity contribution in [3.63, 3.8) is 0 Å². The molecule has 0 radical (unpaired) electrons. The van der Waals surface area contributed by atoms with Crippen LogP contribution in [-0.4, -0.2) is 58.4 Å². The van der Waals surface area contributed by atoms with E-state index in [0.717, 1.165) is 11.3 Å². The smallest absolute Gasteiger partial charge is 0.342 e. The van der Waals surface area contributed by atoms with Gasteiger partial charge in [-0.3, -0.25) is 18.9 Å². The molecule has 1 saturated heterocycles. The molecule has 23 heavy (non-hydrogen) atoms. The van der Waals surface area contributed by atoms with Crippen LogP contribution in [0.4, 0.5) is 5.13 Å². The third kappa shape index (κ3) is 4.37. The van der Waals surface area contributed by atoms with Gasteiger partial charge in [-0.15, -0.1) is 22.9 Å². The second-order valence-electron chi connectivity index (χ2n) is 4.47. The lowest BCUT2D eigenvalue weighted by atomic mass is 10.1. The summed E-state index contributed by atoms with van der Waals surface area (Å²) in [6.07, 6.45) is -0.150. The van der Waals surface area contributed by atoms with Crippen molar-refractivity contribution >= 4 is 56.1 Å². The number of amides is 3. The van der Waals surface area contributed by atoms with E-state index in [2.05, 4.69) is 15.6 Å². The Balaban J connectivity index is 1.84. The van der Waals surface area contributed by atoms with Gasteiger partial charge in [0.1, 0.15) is 11.9 Å². The van der Waals surface area contributed by atoms with Gasteiger partial charge in [-0.25, -0.2) is 9.29 Å². The summed E-state index contributed by atoms with van der Waals surface area (Å²) in [6.45, 7) is -0.322. The molecule has 1 atom stereocenters. The number of carbonyl (C=O) groups excluding carboxylic acids is 3. The summed E-state index contributed by atoms with van der Waals surface area (Å²) in [7, 11) is -4.58. The first-order valence-electron chi connectivity index (χ1n) is 6.09. The third-order valence-corrected chi connectivity index (χ3v) is 4.70. The van der Waals surface area contributed by atoms with Gasteiger partial charge in [-0.2, -0.15) is 8.42 Å². The van der Waals surface area contributed by atoms with E-state index < -0.39 is 34.1 Å². The number of β-lactam (4-membered cyclic amide) rings is 1. The van der Waals surface area contributed by atoms with E-state index in [1.807, 2.05) is 0 Å². The summed E-state index contributed by atoms with van der Waals surface area (Å²) in [5.74, 6) is -2.10. The van der Waals surface area contributed by atoms with Gasteiger partial charge < -0.3 is 10.6 Å². The summed E-state index contributed by atoms with van der Waals surface area (Å²) in [5.41, 5.74) is 0.371. The molecule has 0 aliphatic carbocycles. The van der Waals surface area contributed by atoms with Crippen molar-refractivity contribution in [2.45, 2.75) is 12.5 Å². The van der Waals surface area contributed by atoms with Crippen LogP contribution in [-0.2, 0) is 31.1 Å². The van der Waals surface area contributed by atoms with E-state index in [4.69, 9.17) is 16.2 Å². The van der Waals surface area contributed by atoms with Crippen LogP contribution in [0.3, 0.4) is 0 Å². The molecule has 1 aliphatic heterocycles. The quantitative estimate of drug-likeness (QED) is 0.324. The maximum Gasteiger partial charge on any atom is 0.362 e. The fourth-order valence-corrected chi connectivity index (χ4v) is 3.20. The SMILES string of the molecule is O=C(CCl)Nc1nc(CC(=O)NC2CN(S(=O)(=O)O)C2=O)cs1. The minimum absolute atomic E-state index is 0.150. The molecule has 0 spiro atoms. The summed E-state index contributed by atoms with van der Waals surface area (Å²) >= 11 is 6.44. The average Bonchev–Trinajstić information content (AvgIpc) is 2.88. The molecular formula is C10H11ClN4O6S2. The van der Waals surface area contributed by atoms with Crippen LogP contribution in [0.15, 0.2) is 5.38 Å². The predicted molar refractivity (Wildman–Crippen MR) is 80.4 cm³/mol. The highest BCUT2D eigenvalue weighted by molar-refractivity contribution is 7.84. The van der Waals surface area contributed by atoms with Gasteiger partial charge in [-0.1, -0.05) is 0 Å². The zero-order chi connectivity index (χ0) is 17.2. The van der Waals surface area contributed by atoms with Crippen LogP contribution >= 0.6 is 22.9 Å². The molecule has 3 amide bonds. The molecule has 0 aromatic carbocycles. The maximum atomic E-state index is 11.8. The number of nitrogens with one attached hydrogen (secondary N) is 2. The molecule has 1 aliphatic rings. The summed E-state index contributed by atoms with van der Waals surface area (Å²) in [5, 5.41) is 6.60. The number of carbonyl (C=O) groups is 3. The number of anilines is 1. The summed E-state index contributed by atoms with van der Waals surface area (Å²) < 4.78 is 30.5. The first-order valence-corrected chi connectivity index (χ1v) is 8.90. The number of halogens is 1. The minimum Gasteiger partial charge on any atom is -0.342 e. The largest absolute Gasteiger partial charge is 0.362 e. The first kappa shape index (κ1) is 17.6. The molecule has 2 rings (SSSR count). The molecule has 13 heteroatoms. The van der Waals surface area contributed by atoms with Crippen molar-refractivity contribution in [3.8, 4) is 0 Å². The Labute approximate surface area is 139 Å². The lowest BCUT2D eigenvalue weighted by Gasteiger charge is -2.35. The van der Waals surface area contributed by atoms with Crippen LogP contribution in [0.5, 0.6) is 0 Å². The second kappa shape index (κ2) is 6.78. The number of hydrogen-bond acceptors (Lipinski definition) is 7. The molecule has 126 valence electrons.